The van der Waals surface area contributed by atoms with Gasteiger partial charge in [0.15, 0.2) is 28.4 Å². The first-order valence-corrected chi connectivity index (χ1v) is 43.0. The number of pyridine rings is 4. The number of rotatable bonds is 28. The first kappa shape index (κ1) is 96.6. The van der Waals surface area contributed by atoms with Crippen molar-refractivity contribution in [2.45, 2.75) is 151 Å². The molecule has 1 aliphatic heterocycles. The van der Waals surface area contributed by atoms with Crippen LogP contribution in [-0.2, 0) is 29.0 Å². The third-order valence-electron chi connectivity index (χ3n) is 17.2. The van der Waals surface area contributed by atoms with E-state index < -0.39 is 0 Å². The van der Waals surface area contributed by atoms with Crippen LogP contribution in [0.2, 0.25) is 31.2 Å². The van der Waals surface area contributed by atoms with E-state index in [-0.39, 0.29) is 88.2 Å². The summed E-state index contributed by atoms with van der Waals surface area (Å²) in [5, 5.41) is 59.1. The Labute approximate surface area is 721 Å². The number of nitrogens with one attached hydrogen (secondary N) is 6. The van der Waals surface area contributed by atoms with Crippen molar-refractivity contribution in [3.8, 4) is 23.0 Å². The summed E-state index contributed by atoms with van der Waals surface area (Å²) in [6, 6.07) is 17.9. The van der Waals surface area contributed by atoms with Crippen molar-refractivity contribution < 1.29 is 55.3 Å². The summed E-state index contributed by atoms with van der Waals surface area (Å²) in [6.07, 6.45) is 10.7. The van der Waals surface area contributed by atoms with Crippen LogP contribution >= 0.6 is 88.7 Å². The monoisotopic (exact) mass is 1840 g/mol. The van der Waals surface area contributed by atoms with Crippen molar-refractivity contribution in [2.24, 2.45) is 15.0 Å². The molecule has 0 spiro atoms. The molecular weight excluding hydrogens is 1750 g/mol. The van der Waals surface area contributed by atoms with E-state index in [1.165, 1.54) is 0 Å². The van der Waals surface area contributed by atoms with E-state index >= 15 is 0 Å². The fraction of sp³-hybridized carbons (Fsp3) is 0.416. The number of allylic oxidation sites excluding steroid dienone is 1. The van der Waals surface area contributed by atoms with Gasteiger partial charge in [0, 0.05) is 43.0 Å². The number of fused-ring (bicyclic) bond motifs is 4. The van der Waals surface area contributed by atoms with Crippen molar-refractivity contribution in [2.75, 3.05) is 88.9 Å². The number of aromatic nitrogens is 12. The number of halogens is 8. The Balaban J connectivity index is 0.000000229. The SMILES string of the molecule is C/C=C1\NC(=NCc2ccc(OC)cc2OC)NC(=N[C@H](CO)CCC)C1=NC.CCC[C@@H](CO)Nc1nc(Cl)nc2c(C)cc(Cl)nc12.CCC[C@@H](CO)Nc1nc(N)nc2c(C)ccnc12.CCC[C@@H](CO)Nc1nc(NCc2ccc(OC)cc2OC)nc2c(C)cc(Cl)nc12.Cc1cc(Cl)nc2c(Cl)nc(Cl)nc12.[Cl][Pd][Cl]. The average molecular weight is 1850 g/mol. The van der Waals surface area contributed by atoms with Gasteiger partial charge in [-0.05, 0) is 154 Å². The molecule has 8 aromatic heterocycles. The minimum absolute atomic E-state index is 0.00923. The second-order valence-electron chi connectivity index (χ2n) is 25.6. The van der Waals surface area contributed by atoms with E-state index in [1.807, 2.05) is 83.2 Å². The second kappa shape index (κ2) is 49.9. The Bertz CT molecular complexity index is 4960. The van der Waals surface area contributed by atoms with Crippen molar-refractivity contribution in [3.63, 3.8) is 0 Å². The topological polar surface area (TPSA) is 408 Å². The van der Waals surface area contributed by atoms with Gasteiger partial charge in [0.2, 0.25) is 28.4 Å². The number of aryl methyl sites for hydroxylation is 4. The predicted octanol–water partition coefficient (Wildman–Crippen LogP) is 15.8. The number of methoxy groups -OCH3 is 4. The van der Waals surface area contributed by atoms with E-state index in [4.69, 9.17) is 113 Å². The number of anilines is 5. The summed E-state index contributed by atoms with van der Waals surface area (Å²) in [4.78, 5) is 64.5. The molecule has 0 radical (unpaired) electrons. The number of amidine groups is 1. The zero-order valence-corrected chi connectivity index (χ0v) is 74.3. The molecule has 0 unspecified atom stereocenters. The van der Waals surface area contributed by atoms with E-state index in [0.29, 0.717) is 120 Å². The van der Waals surface area contributed by atoms with Crippen LogP contribution < -0.4 is 56.6 Å². The van der Waals surface area contributed by atoms with Crippen LogP contribution in [0.3, 0.4) is 0 Å². The Morgan fingerprint density at radius 3 is 1.47 bits per heavy atom. The molecule has 0 bridgehead atoms. The summed E-state index contributed by atoms with van der Waals surface area (Å²) in [5.74, 6) is 6.30. The van der Waals surface area contributed by atoms with Crippen LogP contribution in [0.25, 0.3) is 44.1 Å². The minimum atomic E-state index is -0.182. The van der Waals surface area contributed by atoms with Crippen LogP contribution in [0.4, 0.5) is 29.4 Å². The molecule has 2 aromatic carbocycles. The van der Waals surface area contributed by atoms with Crippen LogP contribution in [0, 0.1) is 27.7 Å². The van der Waals surface area contributed by atoms with E-state index in [2.05, 4.69) is 134 Å². The number of hydrogen-bond donors (Lipinski definition) is 11. The first-order valence-electron chi connectivity index (χ1n) is 36.7. The van der Waals surface area contributed by atoms with Crippen molar-refractivity contribution in [1.29, 1.82) is 0 Å². The number of aliphatic imine (C=N–C) groups is 3. The number of hydrogen-bond acceptors (Lipinski definition) is 28. The van der Waals surface area contributed by atoms with Gasteiger partial charge in [-0.2, -0.15) is 15.0 Å². The molecule has 9 heterocycles. The number of benzene rings is 2. The molecule has 0 amide bonds. The standard InChI is InChI=1S/C22H28ClN5O3.C21H31N5O3.C13H16Cl2N4O.C13H19N5O.C8H4Cl3N3.2ClH.Pd/c1-5-6-15(12-29)25-21-20-19(13(2)9-18(23)26-20)27-22(28-21)24-11-14-7-8-16(30-3)10-17(14)31-4;1-6-8-15(13-27)24-20-19(22-3)17(7-2)25-21(26-20)23-12-14-9-10-16(28-4)11-18(14)29-5;1-3-4-8(6-20)16-12-11-10(18-13(15)19-12)7(2)5-9(14)17-11;1-3-4-9(7-19)16-12-11-10(17-13(14)18-12)8(2)5-6-15-11;1-3-2-4(9)12-6-5(3)13-8(11)14-7(6)10;;;/h7-10,15,29H,5-6,11-12H2,1-4H3,(H2,24,25,27,28);7,9-11,15,27H,6,8,12-13H2,1-5H3,(H2,23,24,25,26);5,8,20H,3-4,6H2,1-2H3,(H,16,18,19);5-6,9,19H,3-4,7H2,1-2H3,(H3,14,16,17,18);2H,1H3;2*1H;/q;;;;;;;+2/p-2/b;17-7-,22-19?;;;;;;/t2*15-;8-;9-;;;;/m0000..../s1. The second-order valence-corrected chi connectivity index (χ2v) is 30.2. The molecule has 10 aromatic rings. The third kappa shape index (κ3) is 28.5. The molecule has 1 saturated heterocycles. The number of aliphatic hydroxyl groups excluding tert-OH is 4. The number of nitrogen functional groups attached to an aromatic ring is 1. The Hall–Kier alpha value is -8.23. The Morgan fingerprint density at radius 1 is 0.517 bits per heavy atom. The molecule has 630 valence electrons. The number of nitrogens with zero attached hydrogens (tertiary/aromatic N) is 15. The van der Waals surface area contributed by atoms with Gasteiger partial charge in [-0.3, -0.25) is 15.0 Å². The van der Waals surface area contributed by atoms with Crippen LogP contribution in [0.1, 0.15) is 119 Å². The van der Waals surface area contributed by atoms with Gasteiger partial charge < -0.3 is 77.0 Å². The molecule has 39 heteroatoms. The molecule has 4 atom stereocenters. The van der Waals surface area contributed by atoms with E-state index in [9.17, 15) is 20.4 Å². The van der Waals surface area contributed by atoms with Crippen LogP contribution in [-0.4, -0.2) is 184 Å². The molecule has 0 saturated carbocycles. The number of guanidine groups is 1. The van der Waals surface area contributed by atoms with Gasteiger partial charge in [0.1, 0.15) is 66.2 Å². The Kier molecular flexibility index (Phi) is 41.5. The molecule has 11 rings (SSSR count). The summed E-state index contributed by atoms with van der Waals surface area (Å²) in [5.41, 5.74) is 17.8. The molecule has 12 N–H and O–H groups in total. The van der Waals surface area contributed by atoms with Crippen molar-refractivity contribution in [1.82, 2.24) is 70.4 Å². The summed E-state index contributed by atoms with van der Waals surface area (Å²) < 4.78 is 21.4. The predicted molar refractivity (Wildman–Crippen MR) is 467 cm³/mol. The normalized spacial score (nSPS) is 14.1. The summed E-state index contributed by atoms with van der Waals surface area (Å²) in [7, 11) is 17.8. The fourth-order valence-electron chi connectivity index (χ4n) is 11.5. The van der Waals surface area contributed by atoms with E-state index in [0.717, 1.165) is 107 Å². The Morgan fingerprint density at radius 2 is 0.983 bits per heavy atom. The van der Waals surface area contributed by atoms with Crippen molar-refractivity contribution >= 4 is 180 Å². The van der Waals surface area contributed by atoms with Gasteiger partial charge in [-0.15, -0.1) is 0 Å². The maximum absolute atomic E-state index is 9.73. The fourth-order valence-corrected chi connectivity index (χ4v) is 12.9. The molecular formula is C77H98Cl8N22O8Pd. The summed E-state index contributed by atoms with van der Waals surface area (Å²) >= 11 is 35.3. The first-order chi connectivity index (χ1) is 55.8. The van der Waals surface area contributed by atoms with E-state index in [1.54, 1.807) is 59.9 Å². The number of ether oxygens (including phenoxy) is 4. The van der Waals surface area contributed by atoms with Gasteiger partial charge in [-0.25, -0.2) is 44.9 Å². The van der Waals surface area contributed by atoms with Gasteiger partial charge >= 0.3 is 35.0 Å². The van der Waals surface area contributed by atoms with Crippen LogP contribution in [0.15, 0.2) is 93.6 Å². The number of aliphatic hydroxyl groups is 4. The molecule has 1 fully saturated rings. The zero-order valence-electron chi connectivity index (χ0n) is 66.7. The molecule has 30 nitrogen and oxygen atoms in total. The maximum atomic E-state index is 9.73. The van der Waals surface area contributed by atoms with Crippen LogP contribution in [0.5, 0.6) is 23.0 Å². The molecule has 0 aliphatic carbocycles. The number of nitrogens with two attached hydrogens (primary N) is 1. The molecule has 1 aliphatic rings. The van der Waals surface area contributed by atoms with Gasteiger partial charge in [-0.1, -0.05) is 106 Å². The third-order valence-corrected chi connectivity index (χ3v) is 18.4. The summed E-state index contributed by atoms with van der Waals surface area (Å²) in [6.45, 7) is 18.7. The average Bonchev–Trinajstić information content (AvgIpc) is 0.798. The zero-order chi connectivity index (χ0) is 85.1. The molecule has 116 heavy (non-hydrogen) atoms. The van der Waals surface area contributed by atoms with Gasteiger partial charge in [0.25, 0.3) is 0 Å². The van der Waals surface area contributed by atoms with Gasteiger partial charge in [0.05, 0.1) is 113 Å². The quantitative estimate of drug-likeness (QED) is 0.00939. The van der Waals surface area contributed by atoms with Crippen molar-refractivity contribution in [3.05, 3.63) is 143 Å².